The standard InChI is InChI=1S/C12H20O8/c1-11(17-5)12(2,18-6)20-8(10(14)16-4)7(19-11)9(13)15-3/h7-8H,1-6H3/t7-,8+,11-,12+. The summed E-state index contributed by atoms with van der Waals surface area (Å²) in [4.78, 5) is 23.5. The number of hydrogen-bond donors (Lipinski definition) is 0. The summed E-state index contributed by atoms with van der Waals surface area (Å²) in [7, 11) is 5.09. The van der Waals surface area contributed by atoms with Gasteiger partial charge in [0.25, 0.3) is 0 Å². The zero-order chi connectivity index (χ0) is 15.6. The van der Waals surface area contributed by atoms with Crippen LogP contribution < -0.4 is 0 Å². The molecular formula is C12H20O8. The van der Waals surface area contributed by atoms with E-state index in [0.717, 1.165) is 0 Å². The highest BCUT2D eigenvalue weighted by molar-refractivity contribution is 5.85. The Morgan fingerprint density at radius 2 is 1.10 bits per heavy atom. The predicted octanol–water partition coefficient (Wildman–Crippen LogP) is -0.158. The predicted molar refractivity (Wildman–Crippen MR) is 64.6 cm³/mol. The van der Waals surface area contributed by atoms with Crippen molar-refractivity contribution < 1.29 is 38.0 Å². The minimum atomic E-state index is -1.41. The summed E-state index contributed by atoms with van der Waals surface area (Å²) in [5, 5.41) is 0. The molecule has 0 aromatic heterocycles. The van der Waals surface area contributed by atoms with Gasteiger partial charge in [-0.3, -0.25) is 0 Å². The van der Waals surface area contributed by atoms with Gasteiger partial charge < -0.3 is 28.4 Å². The van der Waals surface area contributed by atoms with E-state index in [2.05, 4.69) is 9.47 Å². The third-order valence-electron chi connectivity index (χ3n) is 3.45. The average Bonchev–Trinajstić information content (AvgIpc) is 2.47. The minimum absolute atomic E-state index is 0.776. The molecule has 1 rings (SSSR count). The maximum absolute atomic E-state index is 11.8. The SMILES string of the molecule is COC(=O)[C@H]1O[C@](C)(OC)[C@](C)(OC)O[C@H]1C(=O)OC. The van der Waals surface area contributed by atoms with Gasteiger partial charge in [0.05, 0.1) is 14.2 Å². The van der Waals surface area contributed by atoms with Gasteiger partial charge in [-0.15, -0.1) is 0 Å². The lowest BCUT2D eigenvalue weighted by atomic mass is 10.0. The Hall–Kier alpha value is -1.22. The van der Waals surface area contributed by atoms with Crippen LogP contribution in [0.15, 0.2) is 0 Å². The number of rotatable bonds is 4. The van der Waals surface area contributed by atoms with Crippen LogP contribution in [0.1, 0.15) is 13.8 Å². The molecule has 8 nitrogen and oxygen atoms in total. The smallest absolute Gasteiger partial charge is 0.338 e. The van der Waals surface area contributed by atoms with E-state index in [-0.39, 0.29) is 0 Å². The van der Waals surface area contributed by atoms with E-state index in [0.29, 0.717) is 0 Å². The molecule has 20 heavy (non-hydrogen) atoms. The van der Waals surface area contributed by atoms with Crippen LogP contribution in [0.25, 0.3) is 0 Å². The number of carbonyl (C=O) groups excluding carboxylic acids is 2. The van der Waals surface area contributed by atoms with Gasteiger partial charge in [0.15, 0.2) is 12.2 Å². The lowest BCUT2D eigenvalue weighted by Gasteiger charge is -2.50. The Kier molecular flexibility index (Phi) is 5.09. The zero-order valence-corrected chi connectivity index (χ0v) is 12.4. The van der Waals surface area contributed by atoms with E-state index in [9.17, 15) is 9.59 Å². The molecule has 0 amide bonds. The molecule has 1 saturated heterocycles. The van der Waals surface area contributed by atoms with Crippen molar-refractivity contribution in [2.45, 2.75) is 37.6 Å². The third kappa shape index (κ3) is 2.64. The van der Waals surface area contributed by atoms with Crippen molar-refractivity contribution in [2.75, 3.05) is 28.4 Å². The van der Waals surface area contributed by atoms with Gasteiger partial charge in [0.2, 0.25) is 11.6 Å². The van der Waals surface area contributed by atoms with Crippen LogP contribution in [0.3, 0.4) is 0 Å². The normalized spacial score (nSPS) is 37.3. The molecule has 0 aromatic carbocycles. The Morgan fingerprint density at radius 1 is 0.800 bits per heavy atom. The minimum Gasteiger partial charge on any atom is -0.467 e. The topological polar surface area (TPSA) is 89.5 Å². The highest BCUT2D eigenvalue weighted by atomic mass is 16.8. The van der Waals surface area contributed by atoms with Crippen molar-refractivity contribution in [2.24, 2.45) is 0 Å². The van der Waals surface area contributed by atoms with Crippen LogP contribution in [0.2, 0.25) is 0 Å². The average molecular weight is 292 g/mol. The fourth-order valence-corrected chi connectivity index (χ4v) is 1.86. The molecule has 116 valence electrons. The first-order valence-corrected chi connectivity index (χ1v) is 5.90. The third-order valence-corrected chi connectivity index (χ3v) is 3.45. The molecule has 0 bridgehead atoms. The van der Waals surface area contributed by atoms with Gasteiger partial charge in [0.1, 0.15) is 0 Å². The second kappa shape index (κ2) is 6.04. The molecule has 0 aromatic rings. The van der Waals surface area contributed by atoms with Gasteiger partial charge in [0, 0.05) is 14.2 Å². The summed E-state index contributed by atoms with van der Waals surface area (Å²) in [5.41, 5.74) is 0. The second-order valence-corrected chi connectivity index (χ2v) is 4.42. The molecule has 0 spiro atoms. The Morgan fingerprint density at radius 3 is 1.30 bits per heavy atom. The van der Waals surface area contributed by atoms with E-state index in [1.54, 1.807) is 0 Å². The summed E-state index contributed by atoms with van der Waals surface area (Å²) in [6.07, 6.45) is -2.64. The molecular weight excluding hydrogens is 272 g/mol. The zero-order valence-electron chi connectivity index (χ0n) is 12.4. The van der Waals surface area contributed by atoms with E-state index in [1.165, 1.54) is 42.3 Å². The van der Waals surface area contributed by atoms with Crippen LogP contribution in [0, 0.1) is 0 Å². The largest absolute Gasteiger partial charge is 0.467 e. The highest BCUT2D eigenvalue weighted by Gasteiger charge is 2.60. The first kappa shape index (κ1) is 16.8. The van der Waals surface area contributed by atoms with Crippen molar-refractivity contribution in [1.29, 1.82) is 0 Å². The van der Waals surface area contributed by atoms with Crippen LogP contribution in [-0.4, -0.2) is 64.2 Å². The van der Waals surface area contributed by atoms with Crippen molar-refractivity contribution in [3.63, 3.8) is 0 Å². The van der Waals surface area contributed by atoms with Gasteiger partial charge in [-0.2, -0.15) is 0 Å². The molecule has 1 heterocycles. The number of esters is 2. The van der Waals surface area contributed by atoms with E-state index in [1.807, 2.05) is 0 Å². The molecule has 8 heteroatoms. The van der Waals surface area contributed by atoms with Crippen molar-refractivity contribution >= 4 is 11.9 Å². The quantitative estimate of drug-likeness (QED) is 0.660. The monoisotopic (exact) mass is 292 g/mol. The van der Waals surface area contributed by atoms with Crippen molar-refractivity contribution in [3.05, 3.63) is 0 Å². The molecule has 0 aliphatic carbocycles. The van der Waals surface area contributed by atoms with Gasteiger partial charge in [-0.25, -0.2) is 9.59 Å². The molecule has 1 aliphatic heterocycles. The Balaban J connectivity index is 3.18. The number of ether oxygens (including phenoxy) is 6. The Bertz CT molecular complexity index is 348. The molecule has 0 unspecified atom stereocenters. The summed E-state index contributed by atoms with van der Waals surface area (Å²) in [6.45, 7) is 3.06. The first-order valence-electron chi connectivity index (χ1n) is 5.90. The van der Waals surface area contributed by atoms with Gasteiger partial charge >= 0.3 is 11.9 Å². The summed E-state index contributed by atoms with van der Waals surface area (Å²) >= 11 is 0. The summed E-state index contributed by atoms with van der Waals surface area (Å²) in [5.74, 6) is -4.38. The maximum atomic E-state index is 11.8. The van der Waals surface area contributed by atoms with E-state index in [4.69, 9.17) is 18.9 Å². The maximum Gasteiger partial charge on any atom is 0.338 e. The highest BCUT2D eigenvalue weighted by Crippen LogP contribution is 2.39. The molecule has 1 fully saturated rings. The molecule has 4 atom stereocenters. The Labute approximate surface area is 117 Å². The van der Waals surface area contributed by atoms with Crippen LogP contribution >= 0.6 is 0 Å². The lowest BCUT2D eigenvalue weighted by molar-refractivity contribution is -0.439. The number of methoxy groups -OCH3 is 4. The van der Waals surface area contributed by atoms with Crippen molar-refractivity contribution in [1.82, 2.24) is 0 Å². The summed E-state index contributed by atoms with van der Waals surface area (Å²) in [6, 6.07) is 0. The van der Waals surface area contributed by atoms with Gasteiger partial charge in [-0.05, 0) is 13.8 Å². The fourth-order valence-electron chi connectivity index (χ4n) is 1.86. The van der Waals surface area contributed by atoms with Crippen LogP contribution in [0.4, 0.5) is 0 Å². The molecule has 0 radical (unpaired) electrons. The number of carbonyl (C=O) groups is 2. The number of hydrogen-bond acceptors (Lipinski definition) is 8. The van der Waals surface area contributed by atoms with Gasteiger partial charge in [-0.1, -0.05) is 0 Å². The molecule has 0 N–H and O–H groups in total. The molecule has 1 aliphatic rings. The first-order chi connectivity index (χ1) is 9.28. The van der Waals surface area contributed by atoms with E-state index < -0.39 is 35.7 Å². The van der Waals surface area contributed by atoms with E-state index >= 15 is 0 Å². The van der Waals surface area contributed by atoms with Crippen LogP contribution in [-0.2, 0) is 38.0 Å². The van der Waals surface area contributed by atoms with Crippen molar-refractivity contribution in [3.8, 4) is 0 Å². The molecule has 0 saturated carbocycles. The fraction of sp³-hybridized carbons (Fsp3) is 0.833. The summed E-state index contributed by atoms with van der Waals surface area (Å²) < 4.78 is 30.8. The second-order valence-electron chi connectivity index (χ2n) is 4.42. The van der Waals surface area contributed by atoms with Crippen LogP contribution in [0.5, 0.6) is 0 Å². The lowest BCUT2D eigenvalue weighted by Crippen LogP contribution is -2.68.